The highest BCUT2D eigenvalue weighted by Gasteiger charge is 2.29. The molecule has 0 aliphatic heterocycles. The predicted octanol–water partition coefficient (Wildman–Crippen LogP) is 8.08. The van der Waals surface area contributed by atoms with Crippen LogP contribution in [-0.2, 0) is 11.2 Å². The van der Waals surface area contributed by atoms with Gasteiger partial charge in [0.05, 0.1) is 12.2 Å². The molecule has 0 radical (unpaired) electrons. The smallest absolute Gasteiger partial charge is 0.321 e. The van der Waals surface area contributed by atoms with Crippen molar-refractivity contribution >= 4 is 5.97 Å². The Morgan fingerprint density at radius 3 is 1.44 bits per heavy atom. The number of hydrogen-bond acceptors (Lipinski definition) is 4. The molecule has 3 unspecified atom stereocenters. The second kappa shape index (κ2) is 23.3. The van der Waals surface area contributed by atoms with Gasteiger partial charge in [0, 0.05) is 13.1 Å². The van der Waals surface area contributed by atoms with E-state index in [1.54, 1.807) is 0 Å². The zero-order valence-electron chi connectivity index (χ0n) is 25.6. The van der Waals surface area contributed by atoms with Gasteiger partial charge < -0.3 is 15.3 Å². The molecule has 0 aliphatic carbocycles. The molecule has 39 heavy (non-hydrogen) atoms. The molecule has 0 aliphatic rings. The van der Waals surface area contributed by atoms with Crippen LogP contribution in [0.15, 0.2) is 24.3 Å². The van der Waals surface area contributed by atoms with Crippen molar-refractivity contribution in [3.8, 4) is 0 Å². The lowest BCUT2D eigenvalue weighted by Crippen LogP contribution is -2.49. The minimum atomic E-state index is -0.894. The van der Waals surface area contributed by atoms with Crippen molar-refractivity contribution in [1.82, 2.24) is 4.90 Å². The highest BCUT2D eigenvalue weighted by Crippen LogP contribution is 2.17. The number of aliphatic hydroxyl groups is 2. The van der Waals surface area contributed by atoms with E-state index in [4.69, 9.17) is 0 Å². The van der Waals surface area contributed by atoms with Crippen LogP contribution in [0.1, 0.15) is 141 Å². The van der Waals surface area contributed by atoms with Crippen molar-refractivity contribution < 1.29 is 20.1 Å². The lowest BCUT2D eigenvalue weighted by molar-refractivity contribution is -0.144. The zero-order chi connectivity index (χ0) is 28.7. The molecule has 1 aromatic carbocycles. The van der Waals surface area contributed by atoms with Crippen molar-refractivity contribution in [2.75, 3.05) is 13.1 Å². The first kappa shape index (κ1) is 35.6. The third-order valence-corrected chi connectivity index (χ3v) is 7.95. The molecule has 5 heteroatoms. The van der Waals surface area contributed by atoms with E-state index < -0.39 is 24.2 Å². The molecular formula is C34H61NO4. The minimum absolute atomic E-state index is 0.286. The highest BCUT2D eigenvalue weighted by molar-refractivity contribution is 5.74. The van der Waals surface area contributed by atoms with E-state index in [-0.39, 0.29) is 13.1 Å². The van der Waals surface area contributed by atoms with Crippen molar-refractivity contribution in [2.45, 2.75) is 161 Å². The Hall–Kier alpha value is -1.43. The topological polar surface area (TPSA) is 81.0 Å². The van der Waals surface area contributed by atoms with Gasteiger partial charge in [0.1, 0.15) is 6.04 Å². The normalized spacial score (nSPS) is 14.0. The molecule has 0 spiro atoms. The number of carboxylic acid groups (broad SMARTS) is 1. The monoisotopic (exact) mass is 547 g/mol. The first-order valence-electron chi connectivity index (χ1n) is 16.3. The summed E-state index contributed by atoms with van der Waals surface area (Å²) in [5.74, 6) is -0.894. The van der Waals surface area contributed by atoms with Gasteiger partial charge in [-0.05, 0) is 31.7 Å². The van der Waals surface area contributed by atoms with Crippen LogP contribution >= 0.6 is 0 Å². The van der Waals surface area contributed by atoms with Gasteiger partial charge in [-0.15, -0.1) is 0 Å². The third-order valence-electron chi connectivity index (χ3n) is 7.95. The number of hydrogen-bond donors (Lipinski definition) is 3. The average Bonchev–Trinajstić information content (AvgIpc) is 2.90. The highest BCUT2D eigenvalue weighted by atomic mass is 16.4. The standard InChI is InChI=1S/C34H61NO4/c1-4-6-8-10-12-14-16-18-20-31(36)27-35(28-32(37)21-19-17-15-13-11-9-7-5-2)33(34(38)39)26-30-24-22-29(3)23-25-30/h22-25,31-33,36-37H,4-21,26-28H2,1-3H3,(H,38,39). The fourth-order valence-corrected chi connectivity index (χ4v) is 5.40. The number of aryl methyl sites for hydroxylation is 1. The maximum absolute atomic E-state index is 12.4. The van der Waals surface area contributed by atoms with Crippen molar-refractivity contribution in [1.29, 1.82) is 0 Å². The zero-order valence-corrected chi connectivity index (χ0v) is 25.6. The largest absolute Gasteiger partial charge is 0.480 e. The first-order chi connectivity index (χ1) is 18.9. The maximum Gasteiger partial charge on any atom is 0.321 e. The van der Waals surface area contributed by atoms with Gasteiger partial charge in [0.2, 0.25) is 0 Å². The number of benzene rings is 1. The Morgan fingerprint density at radius 2 is 1.05 bits per heavy atom. The minimum Gasteiger partial charge on any atom is -0.480 e. The van der Waals surface area contributed by atoms with E-state index in [2.05, 4.69) is 13.8 Å². The molecule has 3 N–H and O–H groups in total. The Balaban J connectivity index is 2.62. The van der Waals surface area contributed by atoms with Gasteiger partial charge in [-0.25, -0.2) is 0 Å². The summed E-state index contributed by atoms with van der Waals surface area (Å²) in [6, 6.07) is 7.21. The fraction of sp³-hybridized carbons (Fsp3) is 0.794. The van der Waals surface area contributed by atoms with Crippen LogP contribution in [0, 0.1) is 6.92 Å². The van der Waals surface area contributed by atoms with Crippen LogP contribution < -0.4 is 0 Å². The quantitative estimate of drug-likeness (QED) is 0.102. The van der Waals surface area contributed by atoms with Crippen molar-refractivity contribution in [2.24, 2.45) is 0 Å². The molecular weight excluding hydrogens is 486 g/mol. The van der Waals surface area contributed by atoms with Gasteiger partial charge >= 0.3 is 5.97 Å². The summed E-state index contributed by atoms with van der Waals surface area (Å²) in [4.78, 5) is 14.2. The summed E-state index contributed by atoms with van der Waals surface area (Å²) >= 11 is 0. The number of nitrogens with zero attached hydrogens (tertiary/aromatic N) is 1. The molecule has 0 bridgehead atoms. The predicted molar refractivity (Wildman–Crippen MR) is 164 cm³/mol. The molecule has 0 amide bonds. The van der Waals surface area contributed by atoms with Crippen molar-refractivity contribution in [3.63, 3.8) is 0 Å². The van der Waals surface area contributed by atoms with E-state index in [1.165, 1.54) is 77.0 Å². The fourth-order valence-electron chi connectivity index (χ4n) is 5.40. The van der Waals surface area contributed by atoms with Crippen LogP contribution in [0.25, 0.3) is 0 Å². The van der Waals surface area contributed by atoms with E-state index in [9.17, 15) is 20.1 Å². The second-order valence-electron chi connectivity index (χ2n) is 11.8. The van der Waals surface area contributed by atoms with Gasteiger partial charge in [-0.3, -0.25) is 9.69 Å². The van der Waals surface area contributed by atoms with Crippen LogP contribution in [0.3, 0.4) is 0 Å². The molecule has 0 saturated carbocycles. The Kier molecular flexibility index (Phi) is 21.3. The molecule has 0 saturated heterocycles. The number of rotatable bonds is 26. The van der Waals surface area contributed by atoms with Crippen molar-refractivity contribution in [3.05, 3.63) is 35.4 Å². The summed E-state index contributed by atoms with van der Waals surface area (Å²) in [5.41, 5.74) is 2.11. The lowest BCUT2D eigenvalue weighted by Gasteiger charge is -2.32. The van der Waals surface area contributed by atoms with E-state index in [0.717, 1.165) is 36.8 Å². The van der Waals surface area contributed by atoms with Gasteiger partial charge in [-0.2, -0.15) is 0 Å². The summed E-state index contributed by atoms with van der Waals surface area (Å²) in [6.45, 7) is 7.06. The summed E-state index contributed by atoms with van der Waals surface area (Å²) in [5, 5.41) is 31.9. The van der Waals surface area contributed by atoms with Crippen LogP contribution in [0.5, 0.6) is 0 Å². The molecule has 5 nitrogen and oxygen atoms in total. The number of aliphatic hydroxyl groups excluding tert-OH is 2. The number of carboxylic acids is 1. The lowest BCUT2D eigenvalue weighted by atomic mass is 10.0. The van der Waals surface area contributed by atoms with Crippen LogP contribution in [0.2, 0.25) is 0 Å². The average molecular weight is 548 g/mol. The third kappa shape index (κ3) is 18.5. The maximum atomic E-state index is 12.4. The molecule has 0 fully saturated rings. The van der Waals surface area contributed by atoms with E-state index >= 15 is 0 Å². The second-order valence-corrected chi connectivity index (χ2v) is 11.8. The summed E-state index contributed by atoms with van der Waals surface area (Å²) < 4.78 is 0. The molecule has 0 heterocycles. The molecule has 0 aromatic heterocycles. The summed E-state index contributed by atoms with van der Waals surface area (Å²) in [6.07, 6.45) is 19.9. The molecule has 1 rings (SSSR count). The number of aliphatic carboxylic acids is 1. The number of unbranched alkanes of at least 4 members (excludes halogenated alkanes) is 14. The molecule has 3 atom stereocenters. The molecule has 1 aromatic rings. The van der Waals surface area contributed by atoms with Gasteiger partial charge in [0.15, 0.2) is 0 Å². The SMILES string of the molecule is CCCCCCCCCCC(O)CN(CC(O)CCCCCCCCCC)C(Cc1ccc(C)cc1)C(=O)O. The number of carbonyl (C=O) groups is 1. The van der Waals surface area contributed by atoms with E-state index in [0.29, 0.717) is 19.3 Å². The molecule has 226 valence electrons. The van der Waals surface area contributed by atoms with Gasteiger partial charge in [0.25, 0.3) is 0 Å². The van der Waals surface area contributed by atoms with Gasteiger partial charge in [-0.1, -0.05) is 146 Å². The Morgan fingerprint density at radius 1 is 0.667 bits per heavy atom. The first-order valence-corrected chi connectivity index (χ1v) is 16.3. The Labute approximate surface area is 240 Å². The van der Waals surface area contributed by atoms with Crippen LogP contribution in [0.4, 0.5) is 0 Å². The van der Waals surface area contributed by atoms with Crippen LogP contribution in [-0.4, -0.2) is 57.5 Å². The summed E-state index contributed by atoms with van der Waals surface area (Å²) in [7, 11) is 0. The van der Waals surface area contributed by atoms with E-state index in [1.807, 2.05) is 36.1 Å². The Bertz CT molecular complexity index is 680.